The van der Waals surface area contributed by atoms with Gasteiger partial charge in [-0.05, 0) is 31.7 Å². The fourth-order valence-electron chi connectivity index (χ4n) is 4.64. The molecule has 3 aliphatic rings. The number of aliphatic hydroxyl groups is 1. The Morgan fingerprint density at radius 3 is 2.46 bits per heavy atom. The fourth-order valence-corrected chi connectivity index (χ4v) is 4.64. The van der Waals surface area contributed by atoms with E-state index in [-0.39, 0.29) is 49.9 Å². The second-order valence-electron chi connectivity index (χ2n) is 7.47. The molecular weight excluding hydrogens is 403 g/mol. The number of nitriles is 1. The van der Waals surface area contributed by atoms with E-state index >= 15 is 0 Å². The summed E-state index contributed by atoms with van der Waals surface area (Å²) < 4.78 is 0. The van der Waals surface area contributed by atoms with Gasteiger partial charge < -0.3 is 20.2 Å². The first kappa shape index (κ1) is 22.6. The maximum absolute atomic E-state index is 12.4. The van der Waals surface area contributed by atoms with Gasteiger partial charge in [0.2, 0.25) is 11.9 Å². The number of fused-ring (bicyclic) bond motifs is 2. The molecular formula is C18H26Cl2N6O2. The number of aromatic nitrogens is 2. The molecule has 2 bridgehead atoms. The minimum atomic E-state index is -0.589. The molecule has 0 radical (unpaired) electrons. The second kappa shape index (κ2) is 9.70. The minimum Gasteiger partial charge on any atom is -0.391 e. The maximum atomic E-state index is 12.4. The monoisotopic (exact) mass is 428 g/mol. The van der Waals surface area contributed by atoms with E-state index in [1.807, 2.05) is 6.07 Å². The van der Waals surface area contributed by atoms with Crippen LogP contribution in [0.15, 0.2) is 18.5 Å². The Morgan fingerprint density at radius 2 is 1.86 bits per heavy atom. The molecule has 28 heavy (non-hydrogen) atoms. The number of rotatable bonds is 4. The Hall–Kier alpha value is -1.66. The van der Waals surface area contributed by atoms with Gasteiger partial charge >= 0.3 is 0 Å². The van der Waals surface area contributed by atoms with Crippen LogP contribution >= 0.6 is 24.8 Å². The summed E-state index contributed by atoms with van der Waals surface area (Å²) in [5.74, 6) is 0.701. The first-order valence-electron chi connectivity index (χ1n) is 9.31. The average molecular weight is 429 g/mol. The lowest BCUT2D eigenvalue weighted by Crippen LogP contribution is -2.52. The van der Waals surface area contributed by atoms with E-state index < -0.39 is 12.1 Å². The molecule has 0 aliphatic carbocycles. The molecule has 2 N–H and O–H groups in total. The Kier molecular flexibility index (Phi) is 7.84. The molecule has 3 fully saturated rings. The third-order valence-corrected chi connectivity index (χ3v) is 5.81. The van der Waals surface area contributed by atoms with Crippen LogP contribution in [0.4, 0.5) is 5.95 Å². The zero-order chi connectivity index (χ0) is 18.1. The Balaban J connectivity index is 0.00000140. The number of piperidine rings is 1. The number of anilines is 1. The number of aliphatic hydroxyl groups excluding tert-OH is 1. The van der Waals surface area contributed by atoms with E-state index in [4.69, 9.17) is 5.26 Å². The van der Waals surface area contributed by atoms with Crippen molar-refractivity contribution in [2.45, 2.75) is 62.4 Å². The number of nitrogens with zero attached hydrogens (tertiary/aromatic N) is 5. The Labute approximate surface area is 177 Å². The summed E-state index contributed by atoms with van der Waals surface area (Å²) in [6.07, 6.45) is 7.50. The molecule has 3 saturated heterocycles. The van der Waals surface area contributed by atoms with Crippen molar-refractivity contribution in [3.63, 3.8) is 0 Å². The van der Waals surface area contributed by atoms with Gasteiger partial charge in [-0.2, -0.15) is 5.26 Å². The zero-order valence-corrected chi connectivity index (χ0v) is 17.1. The van der Waals surface area contributed by atoms with Crippen LogP contribution in [0.3, 0.4) is 0 Å². The number of β-amino-alcohol motifs (C(OH)–C–C–N with tert-alkyl or cyclic N) is 1. The summed E-state index contributed by atoms with van der Waals surface area (Å²) in [5, 5.41) is 22.2. The van der Waals surface area contributed by atoms with Gasteiger partial charge in [0.1, 0.15) is 6.04 Å². The van der Waals surface area contributed by atoms with Gasteiger partial charge in [-0.1, -0.05) is 0 Å². The summed E-state index contributed by atoms with van der Waals surface area (Å²) >= 11 is 0. The van der Waals surface area contributed by atoms with E-state index in [9.17, 15) is 9.90 Å². The highest BCUT2D eigenvalue weighted by molar-refractivity contribution is 5.85. The van der Waals surface area contributed by atoms with Gasteiger partial charge in [-0.15, -0.1) is 24.8 Å². The number of nitrogens with one attached hydrogen (secondary N) is 1. The SMILES string of the molecule is Cl.Cl.N#C[C@@H]1C[C@@H](O)CN1C(=O)CNC1CC2CCC(C1)N2c1ncccn1. The van der Waals surface area contributed by atoms with E-state index in [2.05, 4.69) is 26.3 Å². The number of amides is 1. The van der Waals surface area contributed by atoms with E-state index in [1.54, 1.807) is 12.4 Å². The molecule has 3 aliphatic heterocycles. The van der Waals surface area contributed by atoms with Crippen LogP contribution in [0, 0.1) is 11.3 Å². The molecule has 4 atom stereocenters. The first-order chi connectivity index (χ1) is 12.7. The number of halogens is 2. The molecule has 154 valence electrons. The lowest BCUT2D eigenvalue weighted by molar-refractivity contribution is -0.130. The summed E-state index contributed by atoms with van der Waals surface area (Å²) in [6.45, 7) is 0.477. The van der Waals surface area contributed by atoms with Gasteiger partial charge in [0.05, 0.1) is 18.7 Å². The lowest BCUT2D eigenvalue weighted by Gasteiger charge is -2.39. The molecule has 0 saturated carbocycles. The van der Waals surface area contributed by atoms with Crippen molar-refractivity contribution in [1.29, 1.82) is 5.26 Å². The standard InChI is InChI=1S/C18H24N6O2.2ClH/c19-9-15-8-16(25)11-23(15)17(26)10-22-12-6-13-2-3-14(7-12)24(13)18-20-4-1-5-21-18;;/h1,4-5,12-16,22,25H,2-3,6-8,10-11H2;2*1H/t12?,13?,14?,15-,16+;;/m0../s1. The summed E-state index contributed by atoms with van der Waals surface area (Å²) in [5.41, 5.74) is 0. The summed E-state index contributed by atoms with van der Waals surface area (Å²) in [6, 6.07) is 4.52. The third kappa shape index (κ3) is 4.49. The normalized spacial score (nSPS) is 30.9. The molecule has 4 rings (SSSR count). The van der Waals surface area contributed by atoms with Gasteiger partial charge in [0, 0.05) is 43.5 Å². The Morgan fingerprint density at radius 1 is 1.21 bits per heavy atom. The van der Waals surface area contributed by atoms with Crippen LogP contribution in [-0.2, 0) is 4.79 Å². The van der Waals surface area contributed by atoms with Crippen molar-refractivity contribution in [3.8, 4) is 6.07 Å². The van der Waals surface area contributed by atoms with Crippen LogP contribution < -0.4 is 10.2 Å². The van der Waals surface area contributed by atoms with Crippen molar-refractivity contribution in [1.82, 2.24) is 20.2 Å². The molecule has 1 aromatic heterocycles. The Bertz CT molecular complexity index is 689. The number of carbonyl (C=O) groups is 1. The lowest BCUT2D eigenvalue weighted by atomic mass is 9.97. The highest BCUT2D eigenvalue weighted by atomic mass is 35.5. The maximum Gasteiger partial charge on any atom is 0.237 e. The highest BCUT2D eigenvalue weighted by Crippen LogP contribution is 2.37. The topological polar surface area (TPSA) is 105 Å². The first-order valence-corrected chi connectivity index (χ1v) is 9.31. The van der Waals surface area contributed by atoms with Gasteiger partial charge in [-0.25, -0.2) is 9.97 Å². The second-order valence-corrected chi connectivity index (χ2v) is 7.47. The third-order valence-electron chi connectivity index (χ3n) is 5.81. The van der Waals surface area contributed by atoms with Gasteiger partial charge in [-0.3, -0.25) is 4.79 Å². The van der Waals surface area contributed by atoms with Crippen molar-refractivity contribution in [2.75, 3.05) is 18.0 Å². The molecule has 2 unspecified atom stereocenters. The van der Waals surface area contributed by atoms with Crippen molar-refractivity contribution >= 4 is 36.7 Å². The number of hydrogen-bond acceptors (Lipinski definition) is 7. The smallest absolute Gasteiger partial charge is 0.237 e. The molecule has 4 heterocycles. The van der Waals surface area contributed by atoms with Gasteiger partial charge in [0.15, 0.2) is 0 Å². The average Bonchev–Trinajstić information content (AvgIpc) is 3.17. The van der Waals surface area contributed by atoms with Crippen LogP contribution in [0.25, 0.3) is 0 Å². The minimum absolute atomic E-state index is 0. The summed E-state index contributed by atoms with van der Waals surface area (Å²) in [7, 11) is 0. The van der Waals surface area contributed by atoms with Crippen molar-refractivity contribution in [2.24, 2.45) is 0 Å². The van der Waals surface area contributed by atoms with Crippen LogP contribution in [0.1, 0.15) is 32.1 Å². The van der Waals surface area contributed by atoms with Crippen LogP contribution in [-0.4, -0.2) is 69.2 Å². The van der Waals surface area contributed by atoms with E-state index in [0.717, 1.165) is 31.6 Å². The molecule has 1 amide bonds. The fraction of sp³-hybridized carbons (Fsp3) is 0.667. The molecule has 0 spiro atoms. The van der Waals surface area contributed by atoms with E-state index in [1.165, 1.54) is 4.90 Å². The number of carbonyl (C=O) groups excluding carboxylic acids is 1. The van der Waals surface area contributed by atoms with Gasteiger partial charge in [0.25, 0.3) is 0 Å². The number of hydrogen-bond donors (Lipinski definition) is 2. The highest BCUT2D eigenvalue weighted by Gasteiger charge is 2.42. The molecule has 1 aromatic rings. The predicted octanol–water partition coefficient (Wildman–Crippen LogP) is 0.895. The molecule has 0 aromatic carbocycles. The summed E-state index contributed by atoms with van der Waals surface area (Å²) in [4.78, 5) is 25.1. The largest absolute Gasteiger partial charge is 0.391 e. The number of likely N-dealkylation sites (tertiary alicyclic amines) is 1. The zero-order valence-electron chi connectivity index (χ0n) is 15.5. The van der Waals surface area contributed by atoms with E-state index in [0.29, 0.717) is 18.5 Å². The predicted molar refractivity (Wildman–Crippen MR) is 109 cm³/mol. The van der Waals surface area contributed by atoms with Crippen LogP contribution in [0.5, 0.6) is 0 Å². The molecule has 8 nitrogen and oxygen atoms in total. The van der Waals surface area contributed by atoms with Crippen LogP contribution in [0.2, 0.25) is 0 Å². The molecule has 10 heteroatoms. The van der Waals surface area contributed by atoms with Crippen molar-refractivity contribution in [3.05, 3.63) is 18.5 Å². The quantitative estimate of drug-likeness (QED) is 0.733. The van der Waals surface area contributed by atoms with Crippen molar-refractivity contribution < 1.29 is 9.90 Å².